The monoisotopic (exact) mass is 259 g/mol. The van der Waals surface area contributed by atoms with E-state index in [9.17, 15) is 13.6 Å². The maximum Gasteiger partial charge on any atom is 0.286 e. The molecule has 0 N–H and O–H groups in total. The van der Waals surface area contributed by atoms with E-state index in [2.05, 4.69) is 4.98 Å². The first-order chi connectivity index (χ1) is 7.89. The lowest BCUT2D eigenvalue weighted by Gasteiger charge is -2.27. The zero-order valence-electron chi connectivity index (χ0n) is 9.34. The van der Waals surface area contributed by atoms with Crippen molar-refractivity contribution >= 4 is 16.8 Å². The van der Waals surface area contributed by atoms with Crippen LogP contribution in [-0.2, 0) is 5.92 Å². The van der Waals surface area contributed by atoms with E-state index in [-0.39, 0.29) is 17.2 Å². The normalized spacial score (nSPS) is 16.7. The van der Waals surface area contributed by atoms with Crippen LogP contribution < -0.4 is 0 Å². The van der Waals surface area contributed by atoms with Gasteiger partial charge in [0.25, 0.3) is 11.2 Å². The lowest BCUT2D eigenvalue weighted by molar-refractivity contribution is 0.0123. The molecule has 0 amide bonds. The Labute approximate surface area is 103 Å². The molecular weight excluding hydrogens is 248 g/mol. The van der Waals surface area contributed by atoms with Crippen LogP contribution in [-0.4, -0.2) is 10.2 Å². The summed E-state index contributed by atoms with van der Waals surface area (Å²) in [5.41, 5.74) is 0.376. The molecule has 0 saturated heterocycles. The van der Waals surface area contributed by atoms with Gasteiger partial charge in [0.1, 0.15) is 5.69 Å². The van der Waals surface area contributed by atoms with Crippen molar-refractivity contribution < 1.29 is 13.6 Å². The van der Waals surface area contributed by atoms with Crippen molar-refractivity contribution in [1.29, 1.82) is 0 Å². The molecule has 1 aromatic rings. The maximum absolute atomic E-state index is 13.2. The Kier molecular flexibility index (Phi) is 3.17. The SMILES string of the molecule is CC(F)(F)c1ccc(C(=O)Cl)c(C2CCC2)n1. The average Bonchev–Trinajstić information content (AvgIpc) is 2.13. The number of nitrogens with zero attached hydrogens (tertiary/aromatic N) is 1. The topological polar surface area (TPSA) is 30.0 Å². The Balaban J connectivity index is 2.46. The largest absolute Gasteiger partial charge is 0.286 e. The highest BCUT2D eigenvalue weighted by molar-refractivity contribution is 6.67. The Hall–Kier alpha value is -1.03. The van der Waals surface area contributed by atoms with Crippen LogP contribution in [0.25, 0.3) is 0 Å². The van der Waals surface area contributed by atoms with Gasteiger partial charge in [-0.1, -0.05) is 6.42 Å². The summed E-state index contributed by atoms with van der Waals surface area (Å²) in [7, 11) is 0. The lowest BCUT2D eigenvalue weighted by atomic mass is 9.81. The van der Waals surface area contributed by atoms with Crippen LogP contribution in [0.5, 0.6) is 0 Å². The molecular formula is C12H12ClF2NO. The summed E-state index contributed by atoms with van der Waals surface area (Å²) >= 11 is 5.43. The highest BCUT2D eigenvalue weighted by Gasteiger charge is 2.31. The summed E-state index contributed by atoms with van der Waals surface area (Å²) in [5, 5.41) is -0.634. The minimum absolute atomic E-state index is 0.0926. The quantitative estimate of drug-likeness (QED) is 0.772. The molecule has 92 valence electrons. The van der Waals surface area contributed by atoms with Gasteiger partial charge in [0, 0.05) is 12.8 Å². The van der Waals surface area contributed by atoms with E-state index in [0.717, 1.165) is 32.3 Å². The van der Waals surface area contributed by atoms with Crippen molar-refractivity contribution in [2.24, 2.45) is 0 Å². The van der Waals surface area contributed by atoms with Crippen LogP contribution in [0.1, 0.15) is 53.8 Å². The summed E-state index contributed by atoms with van der Waals surface area (Å²) in [6, 6.07) is 2.51. The van der Waals surface area contributed by atoms with Gasteiger partial charge in [-0.3, -0.25) is 9.78 Å². The summed E-state index contributed by atoms with van der Waals surface area (Å²) < 4.78 is 26.3. The molecule has 0 aromatic carbocycles. The van der Waals surface area contributed by atoms with E-state index >= 15 is 0 Å². The number of carbonyl (C=O) groups is 1. The number of aromatic nitrogens is 1. The van der Waals surface area contributed by atoms with Crippen LogP contribution in [0.15, 0.2) is 12.1 Å². The number of hydrogen-bond donors (Lipinski definition) is 0. The zero-order valence-corrected chi connectivity index (χ0v) is 10.1. The Morgan fingerprint density at radius 3 is 2.53 bits per heavy atom. The molecule has 17 heavy (non-hydrogen) atoms. The van der Waals surface area contributed by atoms with Gasteiger partial charge in [-0.25, -0.2) is 0 Å². The van der Waals surface area contributed by atoms with E-state index < -0.39 is 11.2 Å². The number of alkyl halides is 2. The number of rotatable bonds is 3. The fourth-order valence-electron chi connectivity index (χ4n) is 1.88. The molecule has 0 aliphatic heterocycles. The standard InChI is InChI=1S/C12H12ClF2NO/c1-12(14,15)9-6-5-8(11(13)17)10(16-9)7-3-2-4-7/h5-7H,2-4H2,1H3. The second kappa shape index (κ2) is 4.33. The summed E-state index contributed by atoms with van der Waals surface area (Å²) in [6.45, 7) is 0.794. The molecule has 0 unspecified atom stereocenters. The van der Waals surface area contributed by atoms with Gasteiger partial charge in [0.2, 0.25) is 0 Å². The molecule has 1 aromatic heterocycles. The number of hydrogen-bond acceptors (Lipinski definition) is 2. The van der Waals surface area contributed by atoms with Crippen molar-refractivity contribution in [2.75, 3.05) is 0 Å². The third-order valence-corrected chi connectivity index (χ3v) is 3.28. The van der Waals surface area contributed by atoms with Crippen molar-refractivity contribution in [3.63, 3.8) is 0 Å². The average molecular weight is 260 g/mol. The molecule has 1 aliphatic carbocycles. The highest BCUT2D eigenvalue weighted by Crippen LogP contribution is 2.38. The predicted molar refractivity (Wildman–Crippen MR) is 60.6 cm³/mol. The van der Waals surface area contributed by atoms with E-state index in [1.54, 1.807) is 0 Å². The van der Waals surface area contributed by atoms with E-state index in [4.69, 9.17) is 11.6 Å². The molecule has 0 atom stereocenters. The molecule has 0 bridgehead atoms. The second-order valence-corrected chi connectivity index (χ2v) is 4.76. The van der Waals surface area contributed by atoms with Gasteiger partial charge in [-0.05, 0) is 36.6 Å². The van der Waals surface area contributed by atoms with Gasteiger partial charge in [-0.15, -0.1) is 0 Å². The van der Waals surface area contributed by atoms with Gasteiger partial charge < -0.3 is 0 Å². The Bertz CT molecular complexity index is 452. The van der Waals surface area contributed by atoms with Crippen LogP contribution >= 0.6 is 11.6 Å². The smallest absolute Gasteiger partial charge is 0.276 e. The highest BCUT2D eigenvalue weighted by atomic mass is 35.5. The summed E-state index contributed by atoms with van der Waals surface area (Å²) in [5.74, 6) is -2.90. The molecule has 0 radical (unpaired) electrons. The molecule has 5 heteroatoms. The minimum atomic E-state index is -2.99. The van der Waals surface area contributed by atoms with Crippen LogP contribution in [0.3, 0.4) is 0 Å². The fourth-order valence-corrected chi connectivity index (χ4v) is 2.04. The molecule has 1 aliphatic rings. The van der Waals surface area contributed by atoms with Gasteiger partial charge in [0.15, 0.2) is 0 Å². The number of halogens is 3. The molecule has 1 saturated carbocycles. The minimum Gasteiger partial charge on any atom is -0.276 e. The molecule has 1 heterocycles. The first-order valence-electron chi connectivity index (χ1n) is 5.48. The Morgan fingerprint density at radius 2 is 2.12 bits per heavy atom. The first kappa shape index (κ1) is 12.4. The van der Waals surface area contributed by atoms with Gasteiger partial charge in [0.05, 0.1) is 11.3 Å². The van der Waals surface area contributed by atoms with Crippen LogP contribution in [0, 0.1) is 0 Å². The molecule has 0 spiro atoms. The van der Waals surface area contributed by atoms with Crippen molar-refractivity contribution in [3.8, 4) is 0 Å². The third kappa shape index (κ3) is 2.46. The Morgan fingerprint density at radius 1 is 1.47 bits per heavy atom. The van der Waals surface area contributed by atoms with Crippen molar-refractivity contribution in [3.05, 3.63) is 29.1 Å². The lowest BCUT2D eigenvalue weighted by Crippen LogP contribution is -2.18. The third-order valence-electron chi connectivity index (χ3n) is 3.08. The van der Waals surface area contributed by atoms with Crippen molar-refractivity contribution in [1.82, 2.24) is 4.98 Å². The molecule has 2 nitrogen and oxygen atoms in total. The van der Waals surface area contributed by atoms with E-state index in [1.165, 1.54) is 6.07 Å². The summed E-state index contributed by atoms with van der Waals surface area (Å²) in [4.78, 5) is 15.1. The molecule has 2 rings (SSSR count). The van der Waals surface area contributed by atoms with E-state index in [0.29, 0.717) is 5.69 Å². The van der Waals surface area contributed by atoms with Crippen molar-refractivity contribution in [2.45, 2.75) is 38.0 Å². The van der Waals surface area contributed by atoms with Gasteiger partial charge >= 0.3 is 0 Å². The van der Waals surface area contributed by atoms with Crippen LogP contribution in [0.2, 0.25) is 0 Å². The zero-order chi connectivity index (χ0) is 12.6. The summed E-state index contributed by atoms with van der Waals surface area (Å²) in [6.07, 6.45) is 2.79. The fraction of sp³-hybridized carbons (Fsp3) is 0.500. The predicted octanol–water partition coefficient (Wildman–Crippen LogP) is 3.84. The second-order valence-electron chi connectivity index (χ2n) is 4.42. The van der Waals surface area contributed by atoms with E-state index in [1.807, 2.05) is 0 Å². The van der Waals surface area contributed by atoms with Gasteiger partial charge in [-0.2, -0.15) is 8.78 Å². The number of pyridine rings is 1. The first-order valence-corrected chi connectivity index (χ1v) is 5.86. The molecule has 1 fully saturated rings. The van der Waals surface area contributed by atoms with Crippen LogP contribution in [0.4, 0.5) is 8.78 Å². The maximum atomic E-state index is 13.2. The number of carbonyl (C=O) groups excluding carboxylic acids is 1.